The fourth-order valence-corrected chi connectivity index (χ4v) is 2.62. The van der Waals surface area contributed by atoms with Gasteiger partial charge in [0.25, 0.3) is 0 Å². The van der Waals surface area contributed by atoms with E-state index in [9.17, 15) is 9.59 Å². The Balaban J connectivity index is 2.04. The molecule has 1 atom stereocenters. The fourth-order valence-electron chi connectivity index (χ4n) is 1.82. The molecule has 0 aliphatic rings. The highest BCUT2D eigenvalue weighted by Crippen LogP contribution is 2.22. The first-order chi connectivity index (χ1) is 10.6. The van der Waals surface area contributed by atoms with Crippen LogP contribution in [0.5, 0.6) is 0 Å². The fraction of sp³-hybridized carbons (Fsp3) is 0.333. The number of H-pyrrole nitrogens is 1. The van der Waals surface area contributed by atoms with Crippen LogP contribution in [-0.2, 0) is 20.7 Å². The van der Waals surface area contributed by atoms with Crippen molar-refractivity contribution in [1.29, 1.82) is 0 Å². The molecule has 2 aromatic rings. The van der Waals surface area contributed by atoms with E-state index in [0.29, 0.717) is 17.4 Å². The van der Waals surface area contributed by atoms with Gasteiger partial charge in [0.05, 0.1) is 6.61 Å². The average Bonchev–Trinajstić information content (AvgIpc) is 2.93. The van der Waals surface area contributed by atoms with Crippen molar-refractivity contribution < 1.29 is 14.3 Å². The van der Waals surface area contributed by atoms with Crippen LogP contribution in [0.15, 0.2) is 35.5 Å². The van der Waals surface area contributed by atoms with Gasteiger partial charge in [0.1, 0.15) is 5.82 Å². The van der Waals surface area contributed by atoms with Gasteiger partial charge in [-0.3, -0.25) is 14.7 Å². The topological polar surface area (TPSA) is 84.9 Å². The van der Waals surface area contributed by atoms with Gasteiger partial charge in [-0.15, -0.1) is 5.10 Å². The van der Waals surface area contributed by atoms with Gasteiger partial charge in [0, 0.05) is 6.42 Å². The van der Waals surface area contributed by atoms with E-state index in [1.165, 1.54) is 6.92 Å². The Kier molecular flexibility index (Phi) is 5.71. The number of thioether (sulfide) groups is 1. The molecule has 0 spiro atoms. The maximum absolute atomic E-state index is 11.8. The molecule has 1 aromatic carbocycles. The molecule has 1 unspecified atom stereocenters. The van der Waals surface area contributed by atoms with Crippen LogP contribution in [0.3, 0.4) is 0 Å². The predicted octanol–water partition coefficient (Wildman–Crippen LogP) is 2.01. The summed E-state index contributed by atoms with van der Waals surface area (Å²) in [5.74, 6) is -0.160. The van der Waals surface area contributed by atoms with Crippen LogP contribution in [-0.4, -0.2) is 38.8 Å². The molecular weight excluding hydrogens is 302 g/mol. The zero-order chi connectivity index (χ0) is 15.9. The molecule has 0 saturated carbocycles. The van der Waals surface area contributed by atoms with Gasteiger partial charge in [-0.1, -0.05) is 42.1 Å². The summed E-state index contributed by atoms with van der Waals surface area (Å²) >= 11 is 0.999. The number of rotatable bonds is 7. The third kappa shape index (κ3) is 4.42. The van der Waals surface area contributed by atoms with Gasteiger partial charge < -0.3 is 4.74 Å². The molecule has 0 aliphatic carbocycles. The second kappa shape index (κ2) is 7.74. The number of nitrogens with zero attached hydrogens (tertiary/aromatic N) is 2. The molecule has 0 fully saturated rings. The Labute approximate surface area is 132 Å². The van der Waals surface area contributed by atoms with Crippen molar-refractivity contribution in [2.24, 2.45) is 0 Å². The number of carbonyl (C=O) groups is 2. The van der Waals surface area contributed by atoms with Crippen LogP contribution >= 0.6 is 11.8 Å². The maximum atomic E-state index is 11.8. The predicted molar refractivity (Wildman–Crippen MR) is 82.6 cm³/mol. The lowest BCUT2D eigenvalue weighted by molar-refractivity contribution is -0.144. The second-order valence-corrected chi connectivity index (χ2v) is 5.66. The third-order valence-electron chi connectivity index (χ3n) is 2.82. The van der Waals surface area contributed by atoms with Crippen LogP contribution < -0.4 is 0 Å². The van der Waals surface area contributed by atoms with Crippen molar-refractivity contribution in [2.45, 2.75) is 30.7 Å². The minimum atomic E-state index is -0.930. The molecule has 22 heavy (non-hydrogen) atoms. The molecule has 1 N–H and O–H groups in total. The summed E-state index contributed by atoms with van der Waals surface area (Å²) in [6.07, 6.45) is 0.610. The van der Waals surface area contributed by atoms with Crippen LogP contribution in [0.25, 0.3) is 0 Å². The van der Waals surface area contributed by atoms with E-state index in [1.807, 2.05) is 30.3 Å². The Morgan fingerprint density at radius 3 is 2.68 bits per heavy atom. The SMILES string of the molecule is CCOC(=O)C(Sc1n[nH]c(Cc2ccccc2)n1)C(C)=O. The van der Waals surface area contributed by atoms with Crippen LogP contribution in [0.1, 0.15) is 25.2 Å². The molecule has 0 amide bonds. The number of hydrogen-bond donors (Lipinski definition) is 1. The van der Waals surface area contributed by atoms with Gasteiger partial charge in [0.2, 0.25) is 5.16 Å². The number of ether oxygens (including phenoxy) is 1. The highest BCUT2D eigenvalue weighted by Gasteiger charge is 2.27. The molecule has 7 heteroatoms. The number of aromatic amines is 1. The van der Waals surface area contributed by atoms with Gasteiger partial charge in [-0.2, -0.15) is 0 Å². The number of hydrogen-bond acceptors (Lipinski definition) is 6. The van der Waals surface area contributed by atoms with Crippen molar-refractivity contribution in [3.8, 4) is 0 Å². The standard InChI is InChI=1S/C15H17N3O3S/c1-3-21-14(20)13(10(2)19)22-15-16-12(17-18-15)9-11-7-5-4-6-8-11/h4-8,13H,3,9H2,1-2H3,(H,16,17,18). The highest BCUT2D eigenvalue weighted by atomic mass is 32.2. The zero-order valence-corrected chi connectivity index (χ0v) is 13.2. The van der Waals surface area contributed by atoms with E-state index >= 15 is 0 Å². The van der Waals surface area contributed by atoms with Crippen molar-refractivity contribution >= 4 is 23.5 Å². The Morgan fingerprint density at radius 2 is 2.05 bits per heavy atom. The lowest BCUT2D eigenvalue weighted by Gasteiger charge is -2.09. The minimum absolute atomic E-state index is 0.233. The second-order valence-electron chi connectivity index (χ2n) is 4.59. The summed E-state index contributed by atoms with van der Waals surface area (Å²) in [6.45, 7) is 3.28. The van der Waals surface area contributed by atoms with Crippen molar-refractivity contribution in [1.82, 2.24) is 15.2 Å². The number of esters is 1. The molecule has 1 heterocycles. The highest BCUT2D eigenvalue weighted by molar-refractivity contribution is 8.01. The van der Waals surface area contributed by atoms with E-state index in [1.54, 1.807) is 6.92 Å². The number of carbonyl (C=O) groups excluding carboxylic acids is 2. The van der Waals surface area contributed by atoms with E-state index < -0.39 is 11.2 Å². The van der Waals surface area contributed by atoms with Gasteiger partial charge in [-0.05, 0) is 19.4 Å². The molecule has 1 aromatic heterocycles. The first-order valence-electron chi connectivity index (χ1n) is 6.89. The van der Waals surface area contributed by atoms with E-state index in [4.69, 9.17) is 4.74 Å². The van der Waals surface area contributed by atoms with Crippen LogP contribution in [0.4, 0.5) is 0 Å². The molecule has 116 valence electrons. The lowest BCUT2D eigenvalue weighted by atomic mass is 10.1. The average molecular weight is 319 g/mol. The first-order valence-corrected chi connectivity index (χ1v) is 7.77. The maximum Gasteiger partial charge on any atom is 0.327 e. The Hall–Kier alpha value is -2.15. The molecule has 2 rings (SSSR count). The van der Waals surface area contributed by atoms with Crippen LogP contribution in [0, 0.1) is 0 Å². The molecule has 6 nitrogen and oxygen atoms in total. The number of benzene rings is 1. The summed E-state index contributed by atoms with van der Waals surface area (Å²) in [6, 6.07) is 9.84. The van der Waals surface area contributed by atoms with Crippen LogP contribution in [0.2, 0.25) is 0 Å². The Morgan fingerprint density at radius 1 is 1.32 bits per heavy atom. The first kappa shape index (κ1) is 16.2. The molecule has 0 radical (unpaired) electrons. The van der Waals surface area contributed by atoms with Gasteiger partial charge in [-0.25, -0.2) is 4.98 Å². The summed E-state index contributed by atoms with van der Waals surface area (Å²) < 4.78 is 4.89. The van der Waals surface area contributed by atoms with E-state index in [-0.39, 0.29) is 12.4 Å². The van der Waals surface area contributed by atoms with Gasteiger partial charge >= 0.3 is 5.97 Å². The smallest absolute Gasteiger partial charge is 0.327 e. The summed E-state index contributed by atoms with van der Waals surface area (Å²) in [5, 5.41) is 6.30. The number of aromatic nitrogens is 3. The molecule has 0 saturated heterocycles. The summed E-state index contributed by atoms with van der Waals surface area (Å²) in [7, 11) is 0. The van der Waals surface area contributed by atoms with E-state index in [0.717, 1.165) is 17.3 Å². The molecular formula is C15H17N3O3S. The lowest BCUT2D eigenvalue weighted by Crippen LogP contribution is -2.27. The van der Waals surface area contributed by atoms with E-state index in [2.05, 4.69) is 15.2 Å². The van der Waals surface area contributed by atoms with Crippen molar-refractivity contribution in [3.05, 3.63) is 41.7 Å². The number of Topliss-reactive ketones (excluding diaryl/α,β-unsaturated/α-hetero) is 1. The number of ketones is 1. The van der Waals surface area contributed by atoms with Gasteiger partial charge in [0.15, 0.2) is 11.0 Å². The van der Waals surface area contributed by atoms with Crippen molar-refractivity contribution in [3.63, 3.8) is 0 Å². The van der Waals surface area contributed by atoms with Crippen molar-refractivity contribution in [2.75, 3.05) is 6.61 Å². The zero-order valence-electron chi connectivity index (χ0n) is 12.4. The third-order valence-corrected chi connectivity index (χ3v) is 3.97. The summed E-state index contributed by atoms with van der Waals surface area (Å²) in [5.41, 5.74) is 1.10. The minimum Gasteiger partial charge on any atom is -0.465 e. The quantitative estimate of drug-likeness (QED) is 0.477. The Bertz CT molecular complexity index is 642. The summed E-state index contributed by atoms with van der Waals surface area (Å²) in [4.78, 5) is 27.6. The molecule has 0 bridgehead atoms. The largest absolute Gasteiger partial charge is 0.465 e. The monoisotopic (exact) mass is 319 g/mol. The molecule has 0 aliphatic heterocycles. The normalized spacial score (nSPS) is 11.9. The number of nitrogens with one attached hydrogen (secondary N) is 1.